The zero-order chi connectivity index (χ0) is 27.5. The van der Waals surface area contributed by atoms with E-state index in [4.69, 9.17) is 14.9 Å². The fourth-order valence-corrected chi connectivity index (χ4v) is 4.14. The van der Waals surface area contributed by atoms with Crippen LogP contribution in [0.3, 0.4) is 0 Å². The van der Waals surface area contributed by atoms with Crippen molar-refractivity contribution in [2.75, 3.05) is 19.0 Å². The number of halogens is 1. The average Bonchev–Trinajstić information content (AvgIpc) is 3.57. The van der Waals surface area contributed by atoms with Gasteiger partial charge in [-0.3, -0.25) is 4.79 Å². The summed E-state index contributed by atoms with van der Waals surface area (Å²) in [5.41, 5.74) is 8.55. The number of imidazole rings is 1. The number of carbonyl (C=O) groups excluding carboxylic acids is 1. The molecule has 198 valence electrons. The molecule has 5 N–H and O–H groups in total. The number of hydrogen-bond donors (Lipinski definition) is 4. The zero-order valence-corrected chi connectivity index (χ0v) is 21.0. The molecule has 5 rings (SSSR count). The lowest BCUT2D eigenvalue weighted by atomic mass is 10.1. The predicted octanol–water partition coefficient (Wildman–Crippen LogP) is 4.59. The monoisotopic (exact) mass is 528 g/mol. The van der Waals surface area contributed by atoms with Gasteiger partial charge in [0.25, 0.3) is 0 Å². The molecule has 5 aromatic rings. The highest BCUT2D eigenvalue weighted by atomic mass is 19.1. The molecule has 39 heavy (non-hydrogen) atoms. The standard InChI is InChI=1S/C28H25FN6O4/c1-15(27(30)37)16-5-6-22(38-2)21(13-16)33-28-31-9-7-20(32-28)26-25(34-24(35-26)4-3-10-36)18-14-23-17(8-11-39-23)12-19(18)29/h5-9,11-14,36H,1,3-4,10H2,2H3,(H2,30,37)(H,34,35)(H,31,32,33). The molecule has 0 bridgehead atoms. The molecule has 2 aromatic carbocycles. The highest BCUT2D eigenvalue weighted by Crippen LogP contribution is 2.35. The molecule has 0 aliphatic rings. The van der Waals surface area contributed by atoms with Gasteiger partial charge in [0.1, 0.15) is 28.7 Å². The first-order valence-corrected chi connectivity index (χ1v) is 12.0. The molecule has 0 radical (unpaired) electrons. The maximum absolute atomic E-state index is 15.2. The van der Waals surface area contributed by atoms with Crippen LogP contribution in [0.15, 0.2) is 65.9 Å². The highest BCUT2D eigenvalue weighted by Gasteiger charge is 2.20. The Kier molecular flexibility index (Phi) is 7.06. The van der Waals surface area contributed by atoms with E-state index in [9.17, 15) is 9.90 Å². The number of primary amides is 1. The first kappa shape index (κ1) is 25.6. The van der Waals surface area contributed by atoms with Crippen molar-refractivity contribution in [3.63, 3.8) is 0 Å². The number of hydrogen-bond acceptors (Lipinski definition) is 8. The fourth-order valence-electron chi connectivity index (χ4n) is 4.14. The molecule has 1 amide bonds. The molecule has 0 spiro atoms. The Morgan fingerprint density at radius 1 is 1.23 bits per heavy atom. The van der Waals surface area contributed by atoms with E-state index in [2.05, 4.69) is 31.8 Å². The lowest BCUT2D eigenvalue weighted by Crippen LogP contribution is -2.12. The summed E-state index contributed by atoms with van der Waals surface area (Å²) in [5, 5.41) is 13.0. The number of aliphatic hydroxyl groups is 1. The van der Waals surface area contributed by atoms with Crippen molar-refractivity contribution >= 4 is 34.1 Å². The van der Waals surface area contributed by atoms with Crippen molar-refractivity contribution < 1.29 is 23.4 Å². The summed E-state index contributed by atoms with van der Waals surface area (Å²) in [6.45, 7) is 3.72. The Hall–Kier alpha value is -5.03. The van der Waals surface area contributed by atoms with Crippen LogP contribution in [0.2, 0.25) is 0 Å². The highest BCUT2D eigenvalue weighted by molar-refractivity contribution is 6.18. The predicted molar refractivity (Wildman–Crippen MR) is 145 cm³/mol. The summed E-state index contributed by atoms with van der Waals surface area (Å²) in [4.78, 5) is 28.4. The lowest BCUT2D eigenvalue weighted by Gasteiger charge is -2.13. The molecule has 0 saturated heterocycles. The summed E-state index contributed by atoms with van der Waals surface area (Å²) in [7, 11) is 1.51. The van der Waals surface area contributed by atoms with Gasteiger partial charge in [-0.15, -0.1) is 0 Å². The molecule has 3 aromatic heterocycles. The number of nitrogens with one attached hydrogen (secondary N) is 2. The van der Waals surface area contributed by atoms with Crippen LogP contribution in [0.1, 0.15) is 17.8 Å². The van der Waals surface area contributed by atoms with Gasteiger partial charge >= 0.3 is 0 Å². The largest absolute Gasteiger partial charge is 0.495 e. The van der Waals surface area contributed by atoms with Crippen molar-refractivity contribution in [1.29, 1.82) is 0 Å². The number of carbonyl (C=O) groups is 1. The van der Waals surface area contributed by atoms with Gasteiger partial charge in [-0.1, -0.05) is 12.6 Å². The summed E-state index contributed by atoms with van der Waals surface area (Å²) < 4.78 is 26.1. The molecule has 0 aliphatic heterocycles. The number of fused-ring (bicyclic) bond motifs is 1. The van der Waals surface area contributed by atoms with Gasteiger partial charge < -0.3 is 30.3 Å². The molecular weight excluding hydrogens is 503 g/mol. The molecule has 3 heterocycles. The number of aliphatic hydroxyl groups excluding tert-OH is 1. The van der Waals surface area contributed by atoms with Crippen LogP contribution in [0, 0.1) is 5.82 Å². The Morgan fingerprint density at radius 3 is 2.85 bits per heavy atom. The van der Waals surface area contributed by atoms with Crippen molar-refractivity contribution in [2.24, 2.45) is 5.73 Å². The second-order valence-electron chi connectivity index (χ2n) is 8.67. The third-order valence-corrected chi connectivity index (χ3v) is 6.13. The molecule has 0 saturated carbocycles. The smallest absolute Gasteiger partial charge is 0.248 e. The number of amides is 1. The van der Waals surface area contributed by atoms with Crippen molar-refractivity contribution in [2.45, 2.75) is 12.8 Å². The van der Waals surface area contributed by atoms with Gasteiger partial charge in [0, 0.05) is 35.7 Å². The molecule has 11 heteroatoms. The van der Waals surface area contributed by atoms with E-state index < -0.39 is 11.7 Å². The van der Waals surface area contributed by atoms with Gasteiger partial charge in [0.15, 0.2) is 0 Å². The van der Waals surface area contributed by atoms with Crippen LogP contribution in [-0.4, -0.2) is 44.7 Å². The molecule has 0 fully saturated rings. The van der Waals surface area contributed by atoms with Crippen LogP contribution >= 0.6 is 0 Å². The summed E-state index contributed by atoms with van der Waals surface area (Å²) in [6.07, 6.45) is 3.98. The average molecular weight is 529 g/mol. The van der Waals surface area contributed by atoms with Crippen LogP contribution in [0.5, 0.6) is 5.75 Å². The van der Waals surface area contributed by atoms with E-state index in [1.807, 2.05) is 0 Å². The van der Waals surface area contributed by atoms with Gasteiger partial charge in [-0.05, 0) is 48.4 Å². The Morgan fingerprint density at radius 2 is 2.08 bits per heavy atom. The van der Waals surface area contributed by atoms with Crippen molar-refractivity contribution in [3.8, 4) is 28.4 Å². The SMILES string of the molecule is C=C(C(N)=O)c1ccc(OC)c(Nc2nccc(-c3[nH]c(CCCO)nc3-c3cc4occc4cc3F)n2)c1. The number of aryl methyl sites for hydroxylation is 1. The lowest BCUT2D eigenvalue weighted by molar-refractivity contribution is -0.112. The van der Waals surface area contributed by atoms with E-state index in [0.29, 0.717) is 63.7 Å². The number of anilines is 2. The van der Waals surface area contributed by atoms with E-state index in [0.717, 1.165) is 0 Å². The van der Waals surface area contributed by atoms with E-state index in [1.54, 1.807) is 42.6 Å². The number of aromatic amines is 1. The molecular formula is C28H25FN6O4. The number of H-pyrrole nitrogens is 1. The zero-order valence-electron chi connectivity index (χ0n) is 21.0. The van der Waals surface area contributed by atoms with E-state index in [1.165, 1.54) is 19.4 Å². The van der Waals surface area contributed by atoms with Gasteiger partial charge in [0.05, 0.1) is 30.4 Å². The Balaban J connectivity index is 1.56. The Bertz CT molecular complexity index is 1690. The van der Waals surface area contributed by atoms with Crippen molar-refractivity contribution in [3.05, 3.63) is 78.7 Å². The van der Waals surface area contributed by atoms with E-state index in [-0.39, 0.29) is 23.7 Å². The van der Waals surface area contributed by atoms with Crippen LogP contribution in [0.4, 0.5) is 16.0 Å². The number of furan rings is 1. The molecule has 0 atom stereocenters. The molecule has 0 aliphatic carbocycles. The number of rotatable bonds is 10. The van der Waals surface area contributed by atoms with Gasteiger partial charge in [-0.25, -0.2) is 19.3 Å². The minimum absolute atomic E-state index is 0.0112. The van der Waals surface area contributed by atoms with E-state index >= 15 is 4.39 Å². The van der Waals surface area contributed by atoms with Gasteiger partial charge in [0.2, 0.25) is 11.9 Å². The summed E-state index contributed by atoms with van der Waals surface area (Å²) in [5.74, 6) is 0.155. The third kappa shape index (κ3) is 5.20. The summed E-state index contributed by atoms with van der Waals surface area (Å²) >= 11 is 0. The van der Waals surface area contributed by atoms with Crippen molar-refractivity contribution in [1.82, 2.24) is 19.9 Å². The molecule has 10 nitrogen and oxygen atoms in total. The normalized spacial score (nSPS) is 11.1. The van der Waals surface area contributed by atoms with Crippen LogP contribution in [-0.2, 0) is 11.2 Å². The number of nitrogens with two attached hydrogens (primary N) is 1. The topological polar surface area (TPSA) is 152 Å². The number of methoxy groups -OCH3 is 1. The first-order valence-electron chi connectivity index (χ1n) is 12.0. The third-order valence-electron chi connectivity index (χ3n) is 6.13. The van der Waals surface area contributed by atoms with Gasteiger partial charge in [-0.2, -0.15) is 0 Å². The minimum Gasteiger partial charge on any atom is -0.495 e. The fraction of sp³-hybridized carbons (Fsp3) is 0.143. The van der Waals surface area contributed by atoms with Crippen LogP contribution in [0.25, 0.3) is 39.2 Å². The van der Waals surface area contributed by atoms with Crippen LogP contribution < -0.4 is 15.8 Å². The second kappa shape index (κ2) is 10.8. The number of ether oxygens (including phenoxy) is 1. The number of benzene rings is 2. The maximum Gasteiger partial charge on any atom is 0.248 e. The second-order valence-corrected chi connectivity index (χ2v) is 8.67. The number of aromatic nitrogens is 4. The number of nitrogens with zero attached hydrogens (tertiary/aromatic N) is 3. The quantitative estimate of drug-likeness (QED) is 0.192. The Labute approximate surface area is 222 Å². The maximum atomic E-state index is 15.2. The first-order chi connectivity index (χ1) is 18.9. The molecule has 0 unspecified atom stereocenters. The minimum atomic E-state index is -0.645. The summed E-state index contributed by atoms with van der Waals surface area (Å²) in [6, 6.07) is 11.3.